The summed E-state index contributed by atoms with van der Waals surface area (Å²) < 4.78 is 5.73. The fraction of sp³-hybridized carbons (Fsp3) is 0.733. The van der Waals surface area contributed by atoms with Crippen LogP contribution in [0.15, 0.2) is 0 Å². The molecule has 4 nitrogen and oxygen atoms in total. The van der Waals surface area contributed by atoms with Crippen molar-refractivity contribution in [1.29, 1.82) is 0 Å². The summed E-state index contributed by atoms with van der Waals surface area (Å²) in [7, 11) is 0. The van der Waals surface area contributed by atoms with E-state index in [9.17, 15) is 4.79 Å². The minimum Gasteiger partial charge on any atom is -0.376 e. The second-order valence-electron chi connectivity index (χ2n) is 5.33. The van der Waals surface area contributed by atoms with Crippen molar-refractivity contribution in [2.24, 2.45) is 0 Å². The van der Waals surface area contributed by atoms with Gasteiger partial charge in [-0.2, -0.15) is 0 Å². The van der Waals surface area contributed by atoms with E-state index in [1.807, 2.05) is 25.7 Å². The minimum absolute atomic E-state index is 0.162. The number of likely N-dealkylation sites (N-methyl/N-ethyl adjacent to an activating group) is 1. The molecule has 0 aliphatic carbocycles. The molecule has 1 amide bonds. The fourth-order valence-electron chi connectivity index (χ4n) is 2.60. The number of aryl methyl sites for hydroxylation is 2. The summed E-state index contributed by atoms with van der Waals surface area (Å²) in [5, 5.41) is 1.03. The molecule has 1 unspecified atom stereocenters. The van der Waals surface area contributed by atoms with Gasteiger partial charge in [0.2, 0.25) is 5.91 Å². The number of nitrogens with zero attached hydrogens (tertiary/aromatic N) is 2. The van der Waals surface area contributed by atoms with Gasteiger partial charge in [-0.05, 0) is 40.0 Å². The molecule has 2 heterocycles. The topological polar surface area (TPSA) is 42.4 Å². The first kappa shape index (κ1) is 15.4. The average molecular weight is 296 g/mol. The molecule has 1 atom stereocenters. The van der Waals surface area contributed by atoms with Gasteiger partial charge in [0.15, 0.2) is 0 Å². The maximum atomic E-state index is 12.4. The van der Waals surface area contributed by atoms with Crippen LogP contribution in [0.3, 0.4) is 0 Å². The molecule has 2 rings (SSSR count). The summed E-state index contributed by atoms with van der Waals surface area (Å²) in [6.07, 6.45) is 4.05. The second-order valence-corrected chi connectivity index (χ2v) is 6.74. The van der Waals surface area contributed by atoms with Gasteiger partial charge in [-0.25, -0.2) is 4.98 Å². The maximum absolute atomic E-state index is 12.4. The first-order chi connectivity index (χ1) is 9.60. The van der Waals surface area contributed by atoms with Crippen LogP contribution < -0.4 is 0 Å². The van der Waals surface area contributed by atoms with Crippen molar-refractivity contribution in [1.82, 2.24) is 9.88 Å². The molecule has 1 saturated heterocycles. The predicted molar refractivity (Wildman–Crippen MR) is 81.1 cm³/mol. The van der Waals surface area contributed by atoms with Gasteiger partial charge in [0.05, 0.1) is 23.2 Å². The number of thiazole rings is 1. The van der Waals surface area contributed by atoms with E-state index in [0.717, 1.165) is 48.1 Å². The van der Waals surface area contributed by atoms with Crippen LogP contribution in [0, 0.1) is 13.8 Å². The zero-order chi connectivity index (χ0) is 14.5. The lowest BCUT2D eigenvalue weighted by Gasteiger charge is -2.29. The van der Waals surface area contributed by atoms with Crippen molar-refractivity contribution in [3.8, 4) is 0 Å². The van der Waals surface area contributed by atoms with Crippen LogP contribution in [-0.4, -0.2) is 41.6 Å². The van der Waals surface area contributed by atoms with E-state index in [-0.39, 0.29) is 12.0 Å². The van der Waals surface area contributed by atoms with Gasteiger partial charge in [-0.3, -0.25) is 4.79 Å². The molecule has 1 aliphatic heterocycles. The molecule has 20 heavy (non-hydrogen) atoms. The van der Waals surface area contributed by atoms with Gasteiger partial charge in [0.1, 0.15) is 0 Å². The summed E-state index contributed by atoms with van der Waals surface area (Å²) >= 11 is 1.66. The monoisotopic (exact) mass is 296 g/mol. The normalized spacial score (nSPS) is 19.1. The molecule has 0 bridgehead atoms. The SMILES string of the molecule is CCN(CC1CCCCO1)C(=O)Cc1nc(C)sc1C. The standard InChI is InChI=1S/C15H24N2O2S/c1-4-17(10-13-7-5-6-8-19-13)15(18)9-14-11(2)20-12(3)16-14/h13H,4-10H2,1-3H3. The smallest absolute Gasteiger partial charge is 0.228 e. The first-order valence-electron chi connectivity index (χ1n) is 7.42. The van der Waals surface area contributed by atoms with Crippen molar-refractivity contribution < 1.29 is 9.53 Å². The summed E-state index contributed by atoms with van der Waals surface area (Å²) in [6.45, 7) is 8.34. The molecule has 0 saturated carbocycles. The maximum Gasteiger partial charge on any atom is 0.228 e. The van der Waals surface area contributed by atoms with Gasteiger partial charge < -0.3 is 9.64 Å². The van der Waals surface area contributed by atoms with Crippen molar-refractivity contribution in [3.63, 3.8) is 0 Å². The molecule has 0 aromatic carbocycles. The summed E-state index contributed by atoms with van der Waals surface area (Å²) in [4.78, 5) is 19.9. The van der Waals surface area contributed by atoms with Crippen molar-refractivity contribution in [2.75, 3.05) is 19.7 Å². The van der Waals surface area contributed by atoms with Crippen LogP contribution in [0.1, 0.15) is 41.8 Å². The zero-order valence-corrected chi connectivity index (χ0v) is 13.5. The third-order valence-corrected chi connectivity index (χ3v) is 4.68. The molecular weight excluding hydrogens is 272 g/mol. The van der Waals surface area contributed by atoms with Gasteiger partial charge in [0, 0.05) is 24.6 Å². The second kappa shape index (κ2) is 7.18. The van der Waals surface area contributed by atoms with Crippen LogP contribution >= 0.6 is 11.3 Å². The van der Waals surface area contributed by atoms with Crippen LogP contribution in [0.2, 0.25) is 0 Å². The Kier molecular flexibility index (Phi) is 5.54. The summed E-state index contributed by atoms with van der Waals surface area (Å²) in [5.41, 5.74) is 0.931. The van der Waals surface area contributed by atoms with E-state index in [4.69, 9.17) is 4.74 Å². The van der Waals surface area contributed by atoms with Gasteiger partial charge >= 0.3 is 0 Å². The van der Waals surface area contributed by atoms with Crippen molar-refractivity contribution in [3.05, 3.63) is 15.6 Å². The van der Waals surface area contributed by atoms with Crippen molar-refractivity contribution in [2.45, 2.75) is 52.6 Å². The Morgan fingerprint density at radius 1 is 1.45 bits per heavy atom. The number of amides is 1. The summed E-state index contributed by atoms with van der Waals surface area (Å²) in [6, 6.07) is 0. The number of carbonyl (C=O) groups excluding carboxylic acids is 1. The van der Waals surface area contributed by atoms with Gasteiger partial charge in [0.25, 0.3) is 0 Å². The van der Waals surface area contributed by atoms with E-state index < -0.39 is 0 Å². The Morgan fingerprint density at radius 3 is 2.80 bits per heavy atom. The predicted octanol–water partition coefficient (Wildman–Crippen LogP) is 2.72. The first-order valence-corrected chi connectivity index (χ1v) is 8.24. The van der Waals surface area contributed by atoms with Crippen LogP contribution in [0.25, 0.3) is 0 Å². The highest BCUT2D eigenvalue weighted by Gasteiger charge is 2.21. The molecule has 0 N–H and O–H groups in total. The molecule has 0 spiro atoms. The van der Waals surface area contributed by atoms with Gasteiger partial charge in [-0.1, -0.05) is 0 Å². The lowest BCUT2D eigenvalue weighted by Crippen LogP contribution is -2.40. The molecule has 1 fully saturated rings. The van der Waals surface area contributed by atoms with E-state index in [1.165, 1.54) is 6.42 Å². The van der Waals surface area contributed by atoms with E-state index >= 15 is 0 Å². The highest BCUT2D eigenvalue weighted by molar-refractivity contribution is 7.11. The molecule has 1 aromatic heterocycles. The Hall–Kier alpha value is -0.940. The average Bonchev–Trinajstić information content (AvgIpc) is 2.75. The van der Waals surface area contributed by atoms with Crippen LogP contribution in [-0.2, 0) is 16.0 Å². The number of rotatable bonds is 5. The van der Waals surface area contributed by atoms with E-state index in [2.05, 4.69) is 4.98 Å². The van der Waals surface area contributed by atoms with E-state index in [0.29, 0.717) is 6.42 Å². The number of hydrogen-bond acceptors (Lipinski definition) is 4. The van der Waals surface area contributed by atoms with Crippen LogP contribution in [0.4, 0.5) is 0 Å². The quantitative estimate of drug-likeness (QED) is 0.839. The molecule has 1 aromatic rings. The van der Waals surface area contributed by atoms with Gasteiger partial charge in [-0.15, -0.1) is 11.3 Å². The summed E-state index contributed by atoms with van der Waals surface area (Å²) in [5.74, 6) is 0.162. The highest BCUT2D eigenvalue weighted by atomic mass is 32.1. The van der Waals surface area contributed by atoms with Crippen molar-refractivity contribution >= 4 is 17.2 Å². The molecule has 5 heteroatoms. The fourth-order valence-corrected chi connectivity index (χ4v) is 3.43. The molecular formula is C15H24N2O2S. The molecule has 112 valence electrons. The third-order valence-electron chi connectivity index (χ3n) is 3.75. The molecule has 0 radical (unpaired) electrons. The number of aromatic nitrogens is 1. The Bertz CT molecular complexity index is 453. The number of carbonyl (C=O) groups is 1. The number of ether oxygens (including phenoxy) is 1. The Balaban J connectivity index is 1.92. The lowest BCUT2D eigenvalue weighted by atomic mass is 10.1. The molecule has 1 aliphatic rings. The zero-order valence-electron chi connectivity index (χ0n) is 12.6. The van der Waals surface area contributed by atoms with Crippen LogP contribution in [0.5, 0.6) is 0 Å². The largest absolute Gasteiger partial charge is 0.376 e. The highest BCUT2D eigenvalue weighted by Crippen LogP contribution is 2.18. The minimum atomic E-state index is 0.162. The Morgan fingerprint density at radius 2 is 2.25 bits per heavy atom. The Labute approximate surface area is 125 Å². The van der Waals surface area contributed by atoms with E-state index in [1.54, 1.807) is 11.3 Å². The third kappa shape index (κ3) is 4.03. The lowest BCUT2D eigenvalue weighted by molar-refractivity contribution is -0.133. The number of hydrogen-bond donors (Lipinski definition) is 0.